The van der Waals surface area contributed by atoms with Gasteiger partial charge in [0, 0.05) is 5.92 Å². The average Bonchev–Trinajstić information content (AvgIpc) is 1.84. The van der Waals surface area contributed by atoms with E-state index in [0.29, 0.717) is 0 Å². The van der Waals surface area contributed by atoms with Crippen molar-refractivity contribution in [3.63, 3.8) is 0 Å². The molecule has 0 aliphatic carbocycles. The van der Waals surface area contributed by atoms with Crippen LogP contribution in [0.1, 0.15) is 27.2 Å². The Morgan fingerprint density at radius 3 is 2.11 bits per heavy atom. The van der Waals surface area contributed by atoms with Crippen LogP contribution in [-0.4, -0.2) is 17.0 Å². The number of Topliss-reactive ketones (excluding diaryl/α,β-unsaturated/α-hetero) is 1. The molecule has 0 saturated carbocycles. The van der Waals surface area contributed by atoms with Crippen LogP contribution in [0, 0.1) is 5.92 Å². The second-order valence-electron chi connectivity index (χ2n) is 2.39. The summed E-state index contributed by atoms with van der Waals surface area (Å²) in [5, 5.41) is 8.77. The van der Waals surface area contributed by atoms with E-state index in [1.807, 2.05) is 13.8 Å². The molecule has 1 N–H and O–H groups in total. The number of hydrogen-bond donors (Lipinski definition) is 1. The summed E-state index contributed by atoms with van der Waals surface area (Å²) < 4.78 is 0. The molecule has 0 aromatic carbocycles. The van der Waals surface area contributed by atoms with Gasteiger partial charge >= 0.3 is 0 Å². The van der Waals surface area contributed by atoms with E-state index >= 15 is 0 Å². The predicted molar refractivity (Wildman–Crippen MR) is 36.1 cm³/mol. The Kier molecular flexibility index (Phi) is 3.47. The molecule has 0 amide bonds. The summed E-state index contributed by atoms with van der Waals surface area (Å²) in [6.45, 7) is 5.27. The van der Waals surface area contributed by atoms with Gasteiger partial charge in [-0.25, -0.2) is 0 Å². The molecule has 0 aliphatic rings. The Morgan fingerprint density at radius 2 is 2.00 bits per heavy atom. The van der Waals surface area contributed by atoms with Crippen LogP contribution in [0.2, 0.25) is 0 Å². The van der Waals surface area contributed by atoms with Crippen LogP contribution in [0.3, 0.4) is 0 Å². The topological polar surface area (TPSA) is 37.3 Å². The van der Waals surface area contributed by atoms with Crippen LogP contribution in [0.15, 0.2) is 0 Å². The maximum atomic E-state index is 10.8. The minimum absolute atomic E-state index is 0.00463. The van der Waals surface area contributed by atoms with E-state index in [-0.39, 0.29) is 11.7 Å². The summed E-state index contributed by atoms with van der Waals surface area (Å²) in [5.74, 6) is -0.0532. The summed E-state index contributed by atoms with van der Waals surface area (Å²) in [7, 11) is 0. The maximum absolute atomic E-state index is 10.8. The number of carbonyl (C=O) groups is 1. The van der Waals surface area contributed by atoms with Crippen LogP contribution in [0.4, 0.5) is 0 Å². The van der Waals surface area contributed by atoms with Crippen molar-refractivity contribution in [3.05, 3.63) is 0 Å². The molecule has 2 heteroatoms. The lowest BCUT2D eigenvalue weighted by molar-refractivity contribution is -0.129. The Balaban J connectivity index is 3.73. The van der Waals surface area contributed by atoms with E-state index in [1.54, 1.807) is 0 Å². The van der Waals surface area contributed by atoms with Gasteiger partial charge in [-0.15, -0.1) is 0 Å². The SMILES string of the molecule is CCC(C)C(=O)C(C)O. The molecule has 0 aromatic heterocycles. The fourth-order valence-electron chi connectivity index (χ4n) is 0.613. The number of hydrogen-bond acceptors (Lipinski definition) is 2. The largest absolute Gasteiger partial charge is 0.386 e. The van der Waals surface area contributed by atoms with Crippen LogP contribution >= 0.6 is 0 Å². The number of carbonyl (C=O) groups excluding carboxylic acids is 1. The highest BCUT2D eigenvalue weighted by Gasteiger charge is 2.14. The predicted octanol–water partition coefficient (Wildman–Crippen LogP) is 0.982. The molecule has 0 rings (SSSR count). The third-order valence-corrected chi connectivity index (χ3v) is 1.51. The molecular formula is C7H14O2. The van der Waals surface area contributed by atoms with Gasteiger partial charge < -0.3 is 5.11 Å². The lowest BCUT2D eigenvalue weighted by atomic mass is 10.0. The summed E-state index contributed by atoms with van der Waals surface area (Å²) in [6.07, 6.45) is 0.0175. The highest BCUT2D eigenvalue weighted by molar-refractivity contribution is 5.84. The van der Waals surface area contributed by atoms with Crippen molar-refractivity contribution < 1.29 is 9.90 Å². The Bertz CT molecular complexity index is 97.1. The lowest BCUT2D eigenvalue weighted by Gasteiger charge is -2.08. The van der Waals surface area contributed by atoms with Crippen molar-refractivity contribution in [2.75, 3.05) is 0 Å². The van der Waals surface area contributed by atoms with Gasteiger partial charge in [-0.05, 0) is 13.3 Å². The van der Waals surface area contributed by atoms with Gasteiger partial charge in [0.05, 0.1) is 0 Å². The normalized spacial score (nSPS) is 16.9. The number of aliphatic hydroxyl groups is 1. The molecule has 0 saturated heterocycles. The monoisotopic (exact) mass is 130 g/mol. The first kappa shape index (κ1) is 8.63. The minimum Gasteiger partial charge on any atom is -0.386 e. The standard InChI is InChI=1S/C7H14O2/c1-4-5(2)7(9)6(3)8/h5-6,8H,4H2,1-3H3. The van der Waals surface area contributed by atoms with E-state index in [0.717, 1.165) is 6.42 Å². The van der Waals surface area contributed by atoms with Gasteiger partial charge in [-0.2, -0.15) is 0 Å². The number of rotatable bonds is 3. The third-order valence-electron chi connectivity index (χ3n) is 1.51. The summed E-state index contributed by atoms with van der Waals surface area (Å²) in [5.41, 5.74) is 0. The average molecular weight is 130 g/mol. The van der Waals surface area contributed by atoms with Crippen LogP contribution < -0.4 is 0 Å². The van der Waals surface area contributed by atoms with Gasteiger partial charge in [0.15, 0.2) is 5.78 Å². The fraction of sp³-hybridized carbons (Fsp3) is 0.857. The molecule has 0 radical (unpaired) electrons. The van der Waals surface area contributed by atoms with Crippen LogP contribution in [0.5, 0.6) is 0 Å². The molecule has 0 aromatic rings. The molecule has 2 atom stereocenters. The Hall–Kier alpha value is -0.370. The van der Waals surface area contributed by atoms with E-state index in [1.165, 1.54) is 6.92 Å². The van der Waals surface area contributed by atoms with Crippen LogP contribution in [0.25, 0.3) is 0 Å². The minimum atomic E-state index is -0.792. The van der Waals surface area contributed by atoms with Gasteiger partial charge in [0.25, 0.3) is 0 Å². The lowest BCUT2D eigenvalue weighted by Crippen LogP contribution is -2.22. The van der Waals surface area contributed by atoms with E-state index < -0.39 is 6.10 Å². The Morgan fingerprint density at radius 1 is 1.56 bits per heavy atom. The first-order chi connectivity index (χ1) is 4.09. The van der Waals surface area contributed by atoms with Gasteiger partial charge in [-0.1, -0.05) is 13.8 Å². The van der Waals surface area contributed by atoms with Crippen molar-refractivity contribution in [1.82, 2.24) is 0 Å². The molecule has 9 heavy (non-hydrogen) atoms. The Labute approximate surface area is 55.9 Å². The first-order valence-electron chi connectivity index (χ1n) is 3.31. The molecule has 2 nitrogen and oxygen atoms in total. The summed E-state index contributed by atoms with van der Waals surface area (Å²) >= 11 is 0. The van der Waals surface area contributed by atoms with Gasteiger partial charge in [0.2, 0.25) is 0 Å². The zero-order valence-corrected chi connectivity index (χ0v) is 6.22. The van der Waals surface area contributed by atoms with Gasteiger partial charge in [0.1, 0.15) is 6.10 Å². The van der Waals surface area contributed by atoms with Crippen molar-refractivity contribution in [1.29, 1.82) is 0 Å². The highest BCUT2D eigenvalue weighted by Crippen LogP contribution is 2.04. The van der Waals surface area contributed by atoms with Crippen LogP contribution in [-0.2, 0) is 4.79 Å². The number of aliphatic hydroxyl groups excluding tert-OH is 1. The molecule has 0 bridgehead atoms. The second-order valence-corrected chi connectivity index (χ2v) is 2.39. The molecule has 0 aliphatic heterocycles. The molecule has 0 heterocycles. The van der Waals surface area contributed by atoms with E-state index in [4.69, 9.17) is 5.11 Å². The number of ketones is 1. The maximum Gasteiger partial charge on any atom is 0.163 e. The van der Waals surface area contributed by atoms with Crippen molar-refractivity contribution in [3.8, 4) is 0 Å². The van der Waals surface area contributed by atoms with Crippen molar-refractivity contribution >= 4 is 5.78 Å². The summed E-state index contributed by atoms with van der Waals surface area (Å²) in [4.78, 5) is 10.8. The zero-order chi connectivity index (χ0) is 7.44. The highest BCUT2D eigenvalue weighted by atomic mass is 16.3. The zero-order valence-electron chi connectivity index (χ0n) is 6.22. The molecule has 0 spiro atoms. The molecule has 54 valence electrons. The van der Waals surface area contributed by atoms with Gasteiger partial charge in [-0.3, -0.25) is 4.79 Å². The quantitative estimate of drug-likeness (QED) is 0.618. The molecule has 0 fully saturated rings. The van der Waals surface area contributed by atoms with E-state index in [2.05, 4.69) is 0 Å². The first-order valence-corrected chi connectivity index (χ1v) is 3.31. The summed E-state index contributed by atoms with van der Waals surface area (Å²) in [6, 6.07) is 0. The second kappa shape index (κ2) is 3.62. The van der Waals surface area contributed by atoms with Crippen molar-refractivity contribution in [2.24, 2.45) is 5.92 Å². The molecule has 2 unspecified atom stereocenters. The smallest absolute Gasteiger partial charge is 0.163 e. The molecular weight excluding hydrogens is 116 g/mol. The fourth-order valence-corrected chi connectivity index (χ4v) is 0.613. The third kappa shape index (κ3) is 2.61. The van der Waals surface area contributed by atoms with E-state index in [9.17, 15) is 4.79 Å². The van der Waals surface area contributed by atoms with Crippen molar-refractivity contribution in [2.45, 2.75) is 33.3 Å².